The number of alkyl halides is 3. The van der Waals surface area contributed by atoms with Gasteiger partial charge in [-0.1, -0.05) is 0 Å². The maximum atomic E-state index is 13.6. The van der Waals surface area contributed by atoms with Gasteiger partial charge in [-0.2, -0.15) is 13.2 Å². The smallest absolute Gasteiger partial charge is 0.419 e. The molecule has 2 aromatic rings. The fourth-order valence-corrected chi connectivity index (χ4v) is 1.56. The van der Waals surface area contributed by atoms with Crippen LogP contribution >= 0.6 is 0 Å². The van der Waals surface area contributed by atoms with E-state index in [9.17, 15) is 22.4 Å². The van der Waals surface area contributed by atoms with Crippen molar-refractivity contribution in [2.45, 2.75) is 6.18 Å². The molecule has 0 amide bonds. The van der Waals surface area contributed by atoms with Crippen molar-refractivity contribution >= 4 is 5.97 Å². The lowest BCUT2D eigenvalue weighted by atomic mass is 10.0. The van der Waals surface area contributed by atoms with Gasteiger partial charge in [0.05, 0.1) is 11.1 Å². The molecule has 0 fully saturated rings. The van der Waals surface area contributed by atoms with Crippen LogP contribution in [0.4, 0.5) is 17.6 Å². The molecule has 2 rings (SSSR count). The molecule has 104 valence electrons. The quantitative estimate of drug-likeness (QED) is 0.862. The number of nitrogens with zero attached hydrogens (tertiary/aromatic N) is 2. The van der Waals surface area contributed by atoms with E-state index in [1.54, 1.807) is 0 Å². The molecule has 1 N–H and O–H groups in total. The monoisotopic (exact) mass is 286 g/mol. The zero-order chi connectivity index (χ0) is 14.9. The molecule has 0 aliphatic heterocycles. The van der Waals surface area contributed by atoms with E-state index >= 15 is 0 Å². The van der Waals surface area contributed by atoms with Gasteiger partial charge in [-0.15, -0.1) is 0 Å². The second-order valence-corrected chi connectivity index (χ2v) is 3.76. The number of hydrogen-bond acceptors (Lipinski definition) is 3. The summed E-state index contributed by atoms with van der Waals surface area (Å²) in [5, 5.41) is 8.78. The largest absolute Gasteiger partial charge is 0.478 e. The van der Waals surface area contributed by atoms with Crippen molar-refractivity contribution in [3.05, 3.63) is 47.5 Å². The second kappa shape index (κ2) is 4.87. The lowest BCUT2D eigenvalue weighted by Gasteiger charge is -2.11. The Bertz CT molecular complexity index is 656. The number of carboxylic acid groups (broad SMARTS) is 1. The molecule has 0 aliphatic rings. The van der Waals surface area contributed by atoms with Crippen LogP contribution in [0.5, 0.6) is 0 Å². The normalized spacial score (nSPS) is 11.4. The highest BCUT2D eigenvalue weighted by Crippen LogP contribution is 2.35. The van der Waals surface area contributed by atoms with Crippen molar-refractivity contribution in [1.29, 1.82) is 0 Å². The van der Waals surface area contributed by atoms with Crippen LogP contribution in [0.1, 0.15) is 15.9 Å². The Morgan fingerprint density at radius 3 is 2.25 bits per heavy atom. The van der Waals surface area contributed by atoms with E-state index in [4.69, 9.17) is 5.11 Å². The Labute approximate surface area is 109 Å². The minimum absolute atomic E-state index is 0.125. The van der Waals surface area contributed by atoms with Gasteiger partial charge in [-0.3, -0.25) is 0 Å². The maximum absolute atomic E-state index is 13.6. The minimum atomic E-state index is -5.01. The number of halogens is 4. The van der Waals surface area contributed by atoms with Gasteiger partial charge in [0.15, 0.2) is 5.82 Å². The molecule has 20 heavy (non-hydrogen) atoms. The highest BCUT2D eigenvalue weighted by atomic mass is 19.4. The number of benzene rings is 1. The molecule has 0 bridgehead atoms. The van der Waals surface area contributed by atoms with Crippen LogP contribution < -0.4 is 0 Å². The molecule has 1 aromatic carbocycles. The number of rotatable bonds is 2. The fraction of sp³-hybridized carbons (Fsp3) is 0.0833. The molecule has 0 aliphatic carbocycles. The molecule has 0 unspecified atom stereocenters. The van der Waals surface area contributed by atoms with Crippen LogP contribution in [-0.4, -0.2) is 21.0 Å². The van der Waals surface area contributed by atoms with E-state index in [1.165, 1.54) is 18.5 Å². The lowest BCUT2D eigenvalue weighted by Crippen LogP contribution is -2.13. The number of hydrogen-bond donors (Lipinski definition) is 1. The lowest BCUT2D eigenvalue weighted by molar-refractivity contribution is -0.140. The maximum Gasteiger partial charge on any atom is 0.419 e. The van der Waals surface area contributed by atoms with Gasteiger partial charge in [-0.05, 0) is 18.2 Å². The first-order valence-corrected chi connectivity index (χ1v) is 5.22. The van der Waals surface area contributed by atoms with Gasteiger partial charge in [-0.25, -0.2) is 19.2 Å². The number of aromatic nitrogens is 2. The molecule has 1 aromatic heterocycles. The molecule has 0 radical (unpaired) electrons. The summed E-state index contributed by atoms with van der Waals surface area (Å²) in [5.41, 5.74) is -2.97. The summed E-state index contributed by atoms with van der Waals surface area (Å²) in [4.78, 5) is 18.3. The second-order valence-electron chi connectivity index (χ2n) is 3.76. The Morgan fingerprint density at radius 2 is 1.75 bits per heavy atom. The number of carbonyl (C=O) groups is 1. The van der Waals surface area contributed by atoms with Crippen LogP contribution in [0.3, 0.4) is 0 Å². The van der Waals surface area contributed by atoms with Crippen molar-refractivity contribution < 1.29 is 27.5 Å². The predicted molar refractivity (Wildman–Crippen MR) is 59.4 cm³/mol. The third-order valence-electron chi connectivity index (χ3n) is 2.43. The molecule has 0 saturated carbocycles. The van der Waals surface area contributed by atoms with Crippen molar-refractivity contribution in [2.75, 3.05) is 0 Å². The van der Waals surface area contributed by atoms with Gasteiger partial charge in [0.2, 0.25) is 0 Å². The van der Waals surface area contributed by atoms with E-state index in [-0.39, 0.29) is 11.4 Å². The van der Waals surface area contributed by atoms with Crippen molar-refractivity contribution in [3.8, 4) is 11.4 Å². The molecular weight excluding hydrogens is 280 g/mol. The molecule has 4 nitrogen and oxygen atoms in total. The molecule has 0 atom stereocenters. The summed E-state index contributed by atoms with van der Waals surface area (Å²) in [6.07, 6.45) is -2.46. The Morgan fingerprint density at radius 1 is 1.15 bits per heavy atom. The zero-order valence-electron chi connectivity index (χ0n) is 9.65. The van der Waals surface area contributed by atoms with E-state index in [2.05, 4.69) is 9.97 Å². The predicted octanol–water partition coefficient (Wildman–Crippen LogP) is 3.00. The first kappa shape index (κ1) is 13.9. The van der Waals surface area contributed by atoms with E-state index < -0.39 is 29.1 Å². The fourth-order valence-electron chi connectivity index (χ4n) is 1.56. The van der Waals surface area contributed by atoms with Gasteiger partial charge in [0.25, 0.3) is 0 Å². The molecule has 0 spiro atoms. The molecular formula is C12H6F4N2O2. The van der Waals surface area contributed by atoms with Crippen LogP contribution in [0.2, 0.25) is 0 Å². The van der Waals surface area contributed by atoms with Gasteiger partial charge >= 0.3 is 12.1 Å². The third-order valence-corrected chi connectivity index (χ3v) is 2.43. The Hall–Kier alpha value is -2.51. The van der Waals surface area contributed by atoms with Gasteiger partial charge < -0.3 is 5.11 Å². The van der Waals surface area contributed by atoms with E-state index in [1.807, 2.05) is 0 Å². The SMILES string of the molecule is O=C(O)c1cc(-c2ncccn2)cc(C(F)(F)F)c1F. The average Bonchev–Trinajstić information content (AvgIpc) is 2.38. The standard InChI is InChI=1S/C12H6F4N2O2/c13-9-7(11(19)20)4-6(5-8(9)12(14,15)16)10-17-2-1-3-18-10/h1-5H,(H,19,20). The van der Waals surface area contributed by atoms with Crippen LogP contribution in [0.25, 0.3) is 11.4 Å². The van der Waals surface area contributed by atoms with Crippen molar-refractivity contribution in [2.24, 2.45) is 0 Å². The highest BCUT2D eigenvalue weighted by Gasteiger charge is 2.37. The summed E-state index contributed by atoms with van der Waals surface area (Å²) < 4.78 is 51.7. The van der Waals surface area contributed by atoms with Gasteiger partial charge in [0, 0.05) is 18.0 Å². The first-order valence-electron chi connectivity index (χ1n) is 5.22. The highest BCUT2D eigenvalue weighted by molar-refractivity contribution is 5.90. The Kier molecular flexibility index (Phi) is 3.39. The summed E-state index contributed by atoms with van der Waals surface area (Å²) >= 11 is 0. The van der Waals surface area contributed by atoms with Crippen LogP contribution in [0, 0.1) is 5.82 Å². The molecule has 8 heteroatoms. The summed E-state index contributed by atoms with van der Waals surface area (Å²) in [5.74, 6) is -3.75. The van der Waals surface area contributed by atoms with E-state index in [0.29, 0.717) is 6.07 Å². The van der Waals surface area contributed by atoms with Crippen molar-refractivity contribution in [1.82, 2.24) is 9.97 Å². The number of aromatic carboxylic acids is 1. The summed E-state index contributed by atoms with van der Waals surface area (Å²) in [7, 11) is 0. The topological polar surface area (TPSA) is 63.1 Å². The summed E-state index contributed by atoms with van der Waals surface area (Å²) in [6.45, 7) is 0. The van der Waals surface area contributed by atoms with E-state index in [0.717, 1.165) is 6.07 Å². The average molecular weight is 286 g/mol. The van der Waals surface area contributed by atoms with Gasteiger partial charge in [0.1, 0.15) is 5.82 Å². The molecule has 0 saturated heterocycles. The number of carboxylic acids is 1. The zero-order valence-corrected chi connectivity index (χ0v) is 9.65. The minimum Gasteiger partial charge on any atom is -0.478 e. The first-order chi connectivity index (χ1) is 9.30. The molecule has 1 heterocycles. The van der Waals surface area contributed by atoms with Crippen LogP contribution in [-0.2, 0) is 6.18 Å². The van der Waals surface area contributed by atoms with Crippen molar-refractivity contribution in [3.63, 3.8) is 0 Å². The van der Waals surface area contributed by atoms with Crippen LogP contribution in [0.15, 0.2) is 30.6 Å². The third kappa shape index (κ3) is 2.58. The summed E-state index contributed by atoms with van der Waals surface area (Å²) in [6, 6.07) is 2.69. The Balaban J connectivity index is 2.72.